The largest absolute Gasteiger partial charge is 0.466 e. The number of hydrogen-bond acceptors (Lipinski definition) is 8. The van der Waals surface area contributed by atoms with E-state index in [1.165, 1.54) is 11.3 Å². The van der Waals surface area contributed by atoms with Crippen molar-refractivity contribution < 1.29 is 22.7 Å². The van der Waals surface area contributed by atoms with Gasteiger partial charge in [-0.15, -0.1) is 11.3 Å². The average Bonchev–Trinajstić information content (AvgIpc) is 3.36. The topological polar surface area (TPSA) is 118 Å². The molecule has 0 saturated heterocycles. The first-order valence-electron chi connectivity index (χ1n) is 12.4. The maximum absolute atomic E-state index is 13.4. The van der Waals surface area contributed by atoms with E-state index in [-0.39, 0.29) is 29.6 Å². The van der Waals surface area contributed by atoms with E-state index >= 15 is 0 Å². The van der Waals surface area contributed by atoms with Crippen LogP contribution in [0.25, 0.3) is 22.0 Å². The molecule has 4 aromatic rings. The molecule has 0 bridgehead atoms. The molecule has 0 aliphatic heterocycles. The van der Waals surface area contributed by atoms with E-state index in [4.69, 9.17) is 4.74 Å². The van der Waals surface area contributed by atoms with Crippen LogP contribution in [0.2, 0.25) is 0 Å². The Morgan fingerprint density at radius 2 is 1.74 bits per heavy atom. The Hall–Kier alpha value is -3.96. The van der Waals surface area contributed by atoms with Gasteiger partial charge in [0, 0.05) is 60.0 Å². The van der Waals surface area contributed by atoms with Crippen molar-refractivity contribution in [1.29, 1.82) is 0 Å². The molecule has 0 radical (unpaired) electrons. The first kappa shape index (κ1) is 28.1. The molecular formula is C28H30N4O5S2. The molecule has 2 N–H and O–H groups in total. The number of carbonyl (C=O) groups is 2. The lowest BCUT2D eigenvalue weighted by Gasteiger charge is -2.17. The predicted molar refractivity (Wildman–Crippen MR) is 156 cm³/mol. The maximum Gasteiger partial charge on any atom is 0.305 e. The van der Waals surface area contributed by atoms with Crippen molar-refractivity contribution in [1.82, 2.24) is 4.98 Å². The zero-order valence-electron chi connectivity index (χ0n) is 21.9. The number of carbonyl (C=O) groups excluding carboxylic acids is 2. The fourth-order valence-corrected chi connectivity index (χ4v) is 6.12. The number of hydrogen-bond donors (Lipinski definition) is 2. The Balaban J connectivity index is 1.47. The summed E-state index contributed by atoms with van der Waals surface area (Å²) in [5.74, 6) is -0.565. The molecule has 4 rings (SSSR count). The van der Waals surface area contributed by atoms with Crippen LogP contribution in [-0.2, 0) is 24.3 Å². The molecule has 39 heavy (non-hydrogen) atoms. The summed E-state index contributed by atoms with van der Waals surface area (Å²) in [6, 6.07) is 17.8. The molecule has 0 unspecified atom stereocenters. The van der Waals surface area contributed by atoms with Crippen LogP contribution >= 0.6 is 11.3 Å². The number of aromatic nitrogens is 1. The van der Waals surface area contributed by atoms with Gasteiger partial charge < -0.3 is 15.0 Å². The van der Waals surface area contributed by atoms with E-state index in [1.807, 2.05) is 43.3 Å². The molecule has 204 valence electrons. The molecular weight excluding hydrogens is 536 g/mol. The van der Waals surface area contributed by atoms with Gasteiger partial charge in [0.2, 0.25) is 5.91 Å². The first-order chi connectivity index (χ1) is 18.7. The second-order valence-corrected chi connectivity index (χ2v) is 11.5. The predicted octanol–water partition coefficient (Wildman–Crippen LogP) is 5.50. The lowest BCUT2D eigenvalue weighted by Crippen LogP contribution is -2.14. The number of amides is 1. The average molecular weight is 567 g/mol. The van der Waals surface area contributed by atoms with Gasteiger partial charge in [0.05, 0.1) is 17.2 Å². The van der Waals surface area contributed by atoms with E-state index in [0.717, 1.165) is 11.1 Å². The van der Waals surface area contributed by atoms with E-state index in [1.54, 1.807) is 48.7 Å². The SMILES string of the molecule is CCOC(=O)CCCC(=O)Nc1nc(-c2cccc(NS(=O)(=O)c3cccc4c(N(C)C)cccc34)c2)cs1. The van der Waals surface area contributed by atoms with Crippen LogP contribution in [0.15, 0.2) is 70.9 Å². The third-order valence-electron chi connectivity index (χ3n) is 5.88. The number of esters is 1. The van der Waals surface area contributed by atoms with E-state index in [0.29, 0.717) is 40.5 Å². The summed E-state index contributed by atoms with van der Waals surface area (Å²) in [4.78, 5) is 30.3. The van der Waals surface area contributed by atoms with Gasteiger partial charge >= 0.3 is 5.97 Å². The zero-order chi connectivity index (χ0) is 28.0. The van der Waals surface area contributed by atoms with Crippen molar-refractivity contribution >= 4 is 60.5 Å². The van der Waals surface area contributed by atoms with Gasteiger partial charge in [0.25, 0.3) is 10.0 Å². The number of ether oxygens (including phenoxy) is 1. The second kappa shape index (κ2) is 12.3. The van der Waals surface area contributed by atoms with Crippen LogP contribution in [0.5, 0.6) is 0 Å². The highest BCUT2D eigenvalue weighted by Gasteiger charge is 2.19. The molecule has 1 amide bonds. The Labute approximate surface area is 231 Å². The minimum absolute atomic E-state index is 0.176. The zero-order valence-corrected chi connectivity index (χ0v) is 23.6. The molecule has 1 heterocycles. The van der Waals surface area contributed by atoms with E-state index in [9.17, 15) is 18.0 Å². The molecule has 0 aliphatic rings. The summed E-state index contributed by atoms with van der Waals surface area (Å²) >= 11 is 1.26. The fraction of sp³-hybridized carbons (Fsp3) is 0.250. The van der Waals surface area contributed by atoms with Crippen molar-refractivity contribution in [2.24, 2.45) is 0 Å². The van der Waals surface area contributed by atoms with Crippen LogP contribution in [-0.4, -0.2) is 46.0 Å². The standard InChI is InChI=1S/C28H30N4O5S2/c1-4-37-27(34)16-8-15-26(33)30-28-29-23(18-38-28)19-9-5-10-20(17-19)31-39(35,36)25-14-7-11-21-22(25)12-6-13-24(21)32(2)3/h5-7,9-14,17-18,31H,4,8,15-16H2,1-3H3,(H,29,30,33). The number of fused-ring (bicyclic) bond motifs is 1. The normalized spacial score (nSPS) is 11.3. The number of thiazole rings is 1. The first-order valence-corrected chi connectivity index (χ1v) is 14.8. The molecule has 0 spiro atoms. The molecule has 0 fully saturated rings. The van der Waals surface area contributed by atoms with Crippen molar-refractivity contribution in [3.05, 3.63) is 66.0 Å². The summed E-state index contributed by atoms with van der Waals surface area (Å²) in [5, 5.41) is 6.43. The van der Waals surface area contributed by atoms with Gasteiger partial charge in [-0.25, -0.2) is 13.4 Å². The Bertz CT molecular complexity index is 1600. The van der Waals surface area contributed by atoms with Crippen molar-refractivity contribution in [2.45, 2.75) is 31.1 Å². The number of sulfonamides is 1. The van der Waals surface area contributed by atoms with Crippen molar-refractivity contribution in [3.63, 3.8) is 0 Å². The molecule has 3 aromatic carbocycles. The van der Waals surface area contributed by atoms with Crippen LogP contribution in [0.1, 0.15) is 26.2 Å². The number of anilines is 3. The van der Waals surface area contributed by atoms with Gasteiger partial charge in [0.15, 0.2) is 5.13 Å². The van der Waals surface area contributed by atoms with Gasteiger partial charge in [0.1, 0.15) is 0 Å². The number of benzene rings is 3. The van der Waals surface area contributed by atoms with Gasteiger partial charge in [-0.05, 0) is 37.6 Å². The molecule has 0 atom stereocenters. The van der Waals surface area contributed by atoms with Crippen LogP contribution in [0, 0.1) is 0 Å². The lowest BCUT2D eigenvalue weighted by molar-refractivity contribution is -0.143. The number of nitrogens with zero attached hydrogens (tertiary/aromatic N) is 2. The summed E-state index contributed by atoms with van der Waals surface area (Å²) in [6.07, 6.45) is 0.746. The Morgan fingerprint density at radius 1 is 1.00 bits per heavy atom. The minimum Gasteiger partial charge on any atom is -0.466 e. The summed E-state index contributed by atoms with van der Waals surface area (Å²) in [6.45, 7) is 2.05. The summed E-state index contributed by atoms with van der Waals surface area (Å²) in [5.41, 5.74) is 2.62. The third-order valence-corrected chi connectivity index (χ3v) is 8.08. The molecule has 0 aliphatic carbocycles. The summed E-state index contributed by atoms with van der Waals surface area (Å²) < 4.78 is 34.4. The highest BCUT2D eigenvalue weighted by molar-refractivity contribution is 7.93. The monoisotopic (exact) mass is 566 g/mol. The van der Waals surface area contributed by atoms with Gasteiger partial charge in [-0.1, -0.05) is 36.4 Å². The van der Waals surface area contributed by atoms with Gasteiger partial charge in [-0.2, -0.15) is 0 Å². The van der Waals surface area contributed by atoms with Crippen molar-refractivity contribution in [2.75, 3.05) is 35.6 Å². The summed E-state index contributed by atoms with van der Waals surface area (Å²) in [7, 11) is -0.0513. The molecule has 1 aromatic heterocycles. The van der Waals surface area contributed by atoms with Crippen molar-refractivity contribution in [3.8, 4) is 11.3 Å². The Morgan fingerprint density at radius 3 is 2.51 bits per heavy atom. The molecule has 11 heteroatoms. The lowest BCUT2D eigenvalue weighted by atomic mass is 10.1. The van der Waals surface area contributed by atoms with Crippen LogP contribution < -0.4 is 14.9 Å². The Kier molecular flexibility index (Phi) is 8.82. The molecule has 0 saturated carbocycles. The maximum atomic E-state index is 13.4. The quantitative estimate of drug-likeness (QED) is 0.230. The number of nitrogens with one attached hydrogen (secondary N) is 2. The fourth-order valence-electron chi connectivity index (χ4n) is 4.11. The highest BCUT2D eigenvalue weighted by atomic mass is 32.2. The highest BCUT2D eigenvalue weighted by Crippen LogP contribution is 2.32. The van der Waals surface area contributed by atoms with Crippen LogP contribution in [0.4, 0.5) is 16.5 Å². The smallest absolute Gasteiger partial charge is 0.305 e. The molecule has 9 nitrogen and oxygen atoms in total. The second-order valence-electron chi connectivity index (χ2n) is 8.95. The van der Waals surface area contributed by atoms with E-state index < -0.39 is 10.0 Å². The minimum atomic E-state index is -3.89. The van der Waals surface area contributed by atoms with Gasteiger partial charge in [-0.3, -0.25) is 14.3 Å². The van der Waals surface area contributed by atoms with E-state index in [2.05, 4.69) is 15.0 Å². The van der Waals surface area contributed by atoms with Crippen LogP contribution in [0.3, 0.4) is 0 Å². The third kappa shape index (κ3) is 6.92. The number of rotatable bonds is 11.